The maximum absolute atomic E-state index is 13.2. The van der Waals surface area contributed by atoms with E-state index < -0.39 is 47.8 Å². The van der Waals surface area contributed by atoms with E-state index in [9.17, 15) is 15.0 Å². The second-order valence-corrected chi connectivity index (χ2v) is 10.3. The quantitative estimate of drug-likeness (QED) is 0.531. The predicted octanol–water partition coefficient (Wildman–Crippen LogP) is 0.941. The maximum atomic E-state index is 13.2. The van der Waals surface area contributed by atoms with Crippen molar-refractivity contribution in [2.24, 2.45) is 5.92 Å². The fourth-order valence-electron chi connectivity index (χ4n) is 5.05. The first kappa shape index (κ1) is 24.2. The molecule has 9 atom stereocenters. The van der Waals surface area contributed by atoms with E-state index >= 15 is 0 Å². The molecule has 3 aliphatic heterocycles. The molecule has 9 heteroatoms. The summed E-state index contributed by atoms with van der Waals surface area (Å²) in [5.41, 5.74) is -0.532. The standard InChI is InChI=1S/C21H38N2O6S/c1-7-8-12-9-13(23(5)10-12)19(26)22-14(11(2)24)16-18-17(28-21(3,4)29-18)15(25)20(27-16)30-6/h11-18,20,24-25H,7-10H2,1-6H3,(H,22,26)/t11-,12+,13-,14-,15+,16+,17+,18-,20+/m0/s1. The second kappa shape index (κ2) is 9.60. The summed E-state index contributed by atoms with van der Waals surface area (Å²) >= 11 is 1.38. The number of fused-ring (bicyclic) bond motifs is 1. The molecule has 3 N–H and O–H groups in total. The second-order valence-electron chi connectivity index (χ2n) is 9.38. The molecule has 0 aromatic carbocycles. The molecule has 0 aromatic heterocycles. The Morgan fingerprint density at radius 3 is 2.60 bits per heavy atom. The molecule has 3 rings (SSSR count). The number of hydrogen-bond donors (Lipinski definition) is 3. The Bertz CT molecular complexity index is 606. The lowest BCUT2D eigenvalue weighted by molar-refractivity contribution is -0.177. The third-order valence-corrected chi connectivity index (χ3v) is 7.30. The zero-order valence-corrected chi connectivity index (χ0v) is 19.7. The van der Waals surface area contributed by atoms with Crippen molar-refractivity contribution in [3.05, 3.63) is 0 Å². The zero-order valence-electron chi connectivity index (χ0n) is 18.9. The molecule has 0 unspecified atom stereocenters. The van der Waals surface area contributed by atoms with Crippen molar-refractivity contribution < 1.29 is 29.2 Å². The Kier molecular flexibility index (Phi) is 7.75. The van der Waals surface area contributed by atoms with Crippen molar-refractivity contribution in [2.45, 2.75) is 101 Å². The highest BCUT2D eigenvalue weighted by Crippen LogP contribution is 2.41. The number of thioether (sulfide) groups is 1. The summed E-state index contributed by atoms with van der Waals surface area (Å²) in [5.74, 6) is -0.469. The van der Waals surface area contributed by atoms with Crippen molar-refractivity contribution in [1.29, 1.82) is 0 Å². The Balaban J connectivity index is 1.77. The van der Waals surface area contributed by atoms with Crippen molar-refractivity contribution >= 4 is 17.7 Å². The average molecular weight is 447 g/mol. The van der Waals surface area contributed by atoms with Crippen LogP contribution in [0.5, 0.6) is 0 Å². The van der Waals surface area contributed by atoms with Crippen molar-refractivity contribution in [3.63, 3.8) is 0 Å². The largest absolute Gasteiger partial charge is 0.391 e. The number of ether oxygens (including phenoxy) is 3. The molecule has 174 valence electrons. The molecular formula is C21H38N2O6S. The zero-order chi connectivity index (χ0) is 22.2. The molecule has 30 heavy (non-hydrogen) atoms. The highest BCUT2D eigenvalue weighted by atomic mass is 32.2. The summed E-state index contributed by atoms with van der Waals surface area (Å²) in [6.45, 7) is 8.29. The van der Waals surface area contributed by atoms with E-state index in [4.69, 9.17) is 14.2 Å². The lowest BCUT2D eigenvalue weighted by Gasteiger charge is -2.43. The van der Waals surface area contributed by atoms with E-state index in [2.05, 4.69) is 17.1 Å². The van der Waals surface area contributed by atoms with Crippen LogP contribution in [-0.2, 0) is 19.0 Å². The fraction of sp³-hybridized carbons (Fsp3) is 0.952. The number of nitrogens with zero attached hydrogens (tertiary/aromatic N) is 1. The van der Waals surface area contributed by atoms with Crippen LogP contribution in [-0.4, -0.2) is 94.7 Å². The summed E-state index contributed by atoms with van der Waals surface area (Å²) in [5, 5.41) is 24.3. The first-order valence-corrected chi connectivity index (χ1v) is 12.3. The van der Waals surface area contributed by atoms with E-state index in [0.29, 0.717) is 5.92 Å². The summed E-state index contributed by atoms with van der Waals surface area (Å²) in [6.07, 6.45) is 1.35. The highest BCUT2D eigenvalue weighted by molar-refractivity contribution is 7.99. The molecular weight excluding hydrogens is 408 g/mol. The number of carbonyl (C=O) groups is 1. The number of likely N-dealkylation sites (N-methyl/N-ethyl adjacent to an activating group) is 1. The monoisotopic (exact) mass is 446 g/mol. The summed E-state index contributed by atoms with van der Waals surface area (Å²) in [6, 6.07) is -0.899. The molecule has 0 radical (unpaired) electrons. The maximum Gasteiger partial charge on any atom is 0.237 e. The number of aliphatic hydroxyl groups excluding tert-OH is 2. The Hall–Kier alpha value is -0.420. The molecule has 0 saturated carbocycles. The van der Waals surface area contributed by atoms with Gasteiger partial charge in [0.1, 0.15) is 29.9 Å². The van der Waals surface area contributed by atoms with Gasteiger partial charge in [-0.2, -0.15) is 0 Å². The molecule has 0 spiro atoms. The van der Waals surface area contributed by atoms with Crippen LogP contribution in [0.25, 0.3) is 0 Å². The minimum atomic E-state index is -0.877. The average Bonchev–Trinajstić information content (AvgIpc) is 3.19. The third kappa shape index (κ3) is 4.98. The SMILES string of the molecule is CCC[C@@H]1C[C@@H](C(=O)N[C@H]([C@H]2O[C@H](SC)[C@H](O)[C@H]3OC(C)(C)O[C@H]32)[C@H](C)O)N(C)C1. The predicted molar refractivity (Wildman–Crippen MR) is 115 cm³/mol. The van der Waals surface area contributed by atoms with E-state index in [0.717, 1.165) is 25.8 Å². The van der Waals surface area contributed by atoms with E-state index in [1.807, 2.05) is 13.3 Å². The Labute approximate surface area is 184 Å². The molecule has 3 aliphatic rings. The molecule has 3 fully saturated rings. The lowest BCUT2D eigenvalue weighted by Crippen LogP contribution is -2.65. The Morgan fingerprint density at radius 1 is 1.33 bits per heavy atom. The van der Waals surface area contributed by atoms with Crippen LogP contribution in [0, 0.1) is 5.92 Å². The number of carbonyl (C=O) groups excluding carboxylic acids is 1. The molecule has 1 amide bonds. The number of amides is 1. The minimum Gasteiger partial charge on any atom is -0.391 e. The van der Waals surface area contributed by atoms with E-state index in [1.54, 1.807) is 20.8 Å². The molecule has 3 saturated heterocycles. The normalized spacial score (nSPS) is 40.7. The van der Waals surface area contributed by atoms with Gasteiger partial charge in [0.25, 0.3) is 0 Å². The summed E-state index contributed by atoms with van der Waals surface area (Å²) in [7, 11) is 1.97. The summed E-state index contributed by atoms with van der Waals surface area (Å²) in [4.78, 5) is 15.2. The third-order valence-electron chi connectivity index (χ3n) is 6.44. The van der Waals surface area contributed by atoms with E-state index in [1.165, 1.54) is 11.8 Å². The van der Waals surface area contributed by atoms with Gasteiger partial charge in [0.15, 0.2) is 5.79 Å². The smallest absolute Gasteiger partial charge is 0.237 e. The number of rotatable bonds is 7. The van der Waals surface area contributed by atoms with Crippen molar-refractivity contribution in [3.8, 4) is 0 Å². The summed E-state index contributed by atoms with van der Waals surface area (Å²) < 4.78 is 18.1. The first-order chi connectivity index (χ1) is 14.1. The van der Waals surface area contributed by atoms with Crippen LogP contribution in [0.15, 0.2) is 0 Å². The van der Waals surface area contributed by atoms with Gasteiger partial charge >= 0.3 is 0 Å². The lowest BCUT2D eigenvalue weighted by atomic mass is 9.92. The number of nitrogens with one attached hydrogen (secondary N) is 1. The van der Waals surface area contributed by atoms with Gasteiger partial charge in [0, 0.05) is 6.54 Å². The minimum absolute atomic E-state index is 0.104. The fourth-order valence-corrected chi connectivity index (χ4v) is 5.73. The molecule has 8 nitrogen and oxygen atoms in total. The van der Waals surface area contributed by atoms with Gasteiger partial charge in [-0.1, -0.05) is 13.3 Å². The van der Waals surface area contributed by atoms with Crippen LogP contribution in [0.3, 0.4) is 0 Å². The molecule has 3 heterocycles. The molecule has 0 aliphatic carbocycles. The van der Waals surface area contributed by atoms with Gasteiger partial charge < -0.3 is 29.7 Å². The topological polar surface area (TPSA) is 100 Å². The Morgan fingerprint density at radius 2 is 2.00 bits per heavy atom. The van der Waals surface area contributed by atoms with Gasteiger partial charge in [0.2, 0.25) is 5.91 Å². The van der Waals surface area contributed by atoms with Gasteiger partial charge in [-0.3, -0.25) is 9.69 Å². The van der Waals surface area contributed by atoms with Crippen LogP contribution in [0.2, 0.25) is 0 Å². The van der Waals surface area contributed by atoms with E-state index in [-0.39, 0.29) is 11.9 Å². The van der Waals surface area contributed by atoms with Gasteiger partial charge in [-0.05, 0) is 52.8 Å². The number of likely N-dealkylation sites (tertiary alicyclic amines) is 1. The van der Waals surface area contributed by atoms with Gasteiger partial charge in [-0.15, -0.1) is 11.8 Å². The van der Waals surface area contributed by atoms with Crippen LogP contribution >= 0.6 is 11.8 Å². The van der Waals surface area contributed by atoms with Crippen LogP contribution < -0.4 is 5.32 Å². The highest BCUT2D eigenvalue weighted by Gasteiger charge is 2.57. The number of hydrogen-bond acceptors (Lipinski definition) is 8. The van der Waals surface area contributed by atoms with Crippen LogP contribution in [0.4, 0.5) is 0 Å². The van der Waals surface area contributed by atoms with Gasteiger partial charge in [0.05, 0.1) is 18.2 Å². The van der Waals surface area contributed by atoms with Crippen molar-refractivity contribution in [2.75, 3.05) is 19.8 Å². The van der Waals surface area contributed by atoms with Crippen molar-refractivity contribution in [1.82, 2.24) is 10.2 Å². The molecule has 0 aromatic rings. The van der Waals surface area contributed by atoms with Gasteiger partial charge in [-0.25, -0.2) is 0 Å². The molecule has 0 bridgehead atoms. The van der Waals surface area contributed by atoms with Crippen LogP contribution in [0.1, 0.15) is 47.0 Å². The number of aliphatic hydroxyl groups is 2. The first-order valence-electron chi connectivity index (χ1n) is 11.0.